The second-order valence-corrected chi connectivity index (χ2v) is 3.13. The van der Waals surface area contributed by atoms with Gasteiger partial charge in [0.2, 0.25) is 0 Å². The predicted octanol–water partition coefficient (Wildman–Crippen LogP) is 4.16. The van der Waals surface area contributed by atoms with Gasteiger partial charge in [0.05, 0.1) is 5.56 Å². The van der Waals surface area contributed by atoms with Crippen LogP contribution in [0.5, 0.6) is 0 Å². The molecular formula is C12H17F3N2. The number of halogens is 3. The van der Waals surface area contributed by atoms with E-state index in [4.69, 9.17) is 5.41 Å². The Balaban J connectivity index is 0.00000121. The van der Waals surface area contributed by atoms with E-state index >= 15 is 0 Å². The summed E-state index contributed by atoms with van der Waals surface area (Å²) in [5.41, 5.74) is 0.163. The highest BCUT2D eigenvalue weighted by Gasteiger charge is 2.31. The van der Waals surface area contributed by atoms with Crippen molar-refractivity contribution in [2.75, 3.05) is 12.4 Å². The first-order chi connectivity index (χ1) is 7.86. The summed E-state index contributed by atoms with van der Waals surface area (Å²) in [6, 6.07) is 3.31. The third-order valence-electron chi connectivity index (χ3n) is 2.02. The molecule has 0 heterocycles. The average Bonchev–Trinajstić information content (AvgIpc) is 2.29. The molecule has 0 saturated heterocycles. The van der Waals surface area contributed by atoms with Crippen molar-refractivity contribution in [1.29, 1.82) is 5.41 Å². The Morgan fingerprint density at radius 2 is 1.76 bits per heavy atom. The van der Waals surface area contributed by atoms with Crippen LogP contribution in [0.4, 0.5) is 18.9 Å². The molecule has 96 valence electrons. The summed E-state index contributed by atoms with van der Waals surface area (Å²) in [5, 5.41) is 10.1. The molecule has 1 aromatic rings. The number of alkyl halides is 3. The van der Waals surface area contributed by atoms with Gasteiger partial charge in [0.15, 0.2) is 0 Å². The molecule has 2 N–H and O–H groups in total. The SMILES string of the molecule is CC.CNc1ccc(C(F)(F)F)cc1C(C)=N. The minimum Gasteiger partial charge on any atom is -0.388 e. The normalized spacial score (nSPS) is 10.3. The van der Waals surface area contributed by atoms with Crippen LogP contribution in [0.25, 0.3) is 0 Å². The van der Waals surface area contributed by atoms with Crippen LogP contribution >= 0.6 is 0 Å². The second kappa shape index (κ2) is 6.27. The lowest BCUT2D eigenvalue weighted by Crippen LogP contribution is -2.08. The highest BCUT2D eigenvalue weighted by molar-refractivity contribution is 6.01. The maximum atomic E-state index is 12.4. The molecule has 0 amide bonds. The number of nitrogens with one attached hydrogen (secondary N) is 2. The summed E-state index contributed by atoms with van der Waals surface area (Å²) in [6.07, 6.45) is -4.36. The zero-order valence-electron chi connectivity index (χ0n) is 10.4. The molecule has 0 spiro atoms. The van der Waals surface area contributed by atoms with Gasteiger partial charge in [-0.1, -0.05) is 13.8 Å². The highest BCUT2D eigenvalue weighted by atomic mass is 19.4. The molecule has 0 aliphatic carbocycles. The van der Waals surface area contributed by atoms with Crippen LogP contribution in [0.2, 0.25) is 0 Å². The Kier molecular flexibility index (Phi) is 5.71. The Hall–Kier alpha value is -1.52. The highest BCUT2D eigenvalue weighted by Crippen LogP contribution is 2.31. The van der Waals surface area contributed by atoms with Crippen molar-refractivity contribution in [3.05, 3.63) is 29.3 Å². The molecule has 0 unspecified atom stereocenters. The van der Waals surface area contributed by atoms with Gasteiger partial charge in [0, 0.05) is 24.0 Å². The molecule has 0 saturated carbocycles. The Morgan fingerprint density at radius 3 is 2.12 bits per heavy atom. The Morgan fingerprint density at radius 1 is 1.24 bits per heavy atom. The minimum absolute atomic E-state index is 0.102. The van der Waals surface area contributed by atoms with Crippen LogP contribution < -0.4 is 5.32 Å². The van der Waals surface area contributed by atoms with Crippen LogP contribution in [0.15, 0.2) is 18.2 Å². The molecule has 1 rings (SSSR count). The van der Waals surface area contributed by atoms with Gasteiger partial charge in [-0.15, -0.1) is 0 Å². The van der Waals surface area contributed by atoms with E-state index < -0.39 is 11.7 Å². The van der Waals surface area contributed by atoms with Crippen molar-refractivity contribution in [1.82, 2.24) is 0 Å². The molecule has 0 fully saturated rings. The van der Waals surface area contributed by atoms with Gasteiger partial charge in [0.1, 0.15) is 0 Å². The lowest BCUT2D eigenvalue weighted by Gasteiger charge is -2.12. The molecule has 1 aromatic carbocycles. The van der Waals surface area contributed by atoms with Crippen LogP contribution in [-0.4, -0.2) is 12.8 Å². The molecule has 2 nitrogen and oxygen atoms in total. The maximum absolute atomic E-state index is 12.4. The van der Waals surface area contributed by atoms with Crippen molar-refractivity contribution in [3.63, 3.8) is 0 Å². The summed E-state index contributed by atoms with van der Waals surface area (Å²) in [5.74, 6) is 0. The topological polar surface area (TPSA) is 35.9 Å². The van der Waals surface area contributed by atoms with Gasteiger partial charge >= 0.3 is 6.18 Å². The van der Waals surface area contributed by atoms with E-state index in [9.17, 15) is 13.2 Å². The number of hydrogen-bond donors (Lipinski definition) is 2. The quantitative estimate of drug-likeness (QED) is 0.755. The zero-order chi connectivity index (χ0) is 13.6. The zero-order valence-corrected chi connectivity index (χ0v) is 10.4. The van der Waals surface area contributed by atoms with E-state index in [-0.39, 0.29) is 11.3 Å². The van der Waals surface area contributed by atoms with E-state index in [1.165, 1.54) is 13.0 Å². The summed E-state index contributed by atoms with van der Waals surface area (Å²) in [4.78, 5) is 0. The van der Waals surface area contributed by atoms with E-state index in [1.807, 2.05) is 13.8 Å². The molecule has 5 heteroatoms. The van der Waals surface area contributed by atoms with Crippen molar-refractivity contribution < 1.29 is 13.2 Å². The second-order valence-electron chi connectivity index (χ2n) is 3.13. The van der Waals surface area contributed by atoms with Gasteiger partial charge in [-0.05, 0) is 25.1 Å². The molecule has 17 heavy (non-hydrogen) atoms. The van der Waals surface area contributed by atoms with Gasteiger partial charge in [0.25, 0.3) is 0 Å². The van der Waals surface area contributed by atoms with Gasteiger partial charge in [-0.3, -0.25) is 0 Å². The Bertz CT molecular complexity index is 384. The van der Waals surface area contributed by atoms with Crippen LogP contribution in [0.3, 0.4) is 0 Å². The van der Waals surface area contributed by atoms with Gasteiger partial charge in [-0.2, -0.15) is 13.2 Å². The van der Waals surface area contributed by atoms with E-state index in [0.29, 0.717) is 5.69 Å². The number of hydrogen-bond acceptors (Lipinski definition) is 2. The average molecular weight is 246 g/mol. The third kappa shape index (κ3) is 4.09. The fraction of sp³-hybridized carbons (Fsp3) is 0.417. The summed E-state index contributed by atoms with van der Waals surface area (Å²) >= 11 is 0. The van der Waals surface area contributed by atoms with Crippen LogP contribution in [0.1, 0.15) is 31.9 Å². The van der Waals surface area contributed by atoms with Crippen LogP contribution in [-0.2, 0) is 6.18 Å². The molecule has 0 radical (unpaired) electrons. The summed E-state index contributed by atoms with van der Waals surface area (Å²) in [6.45, 7) is 5.45. The van der Waals surface area contributed by atoms with Crippen molar-refractivity contribution in [3.8, 4) is 0 Å². The summed E-state index contributed by atoms with van der Waals surface area (Å²) < 4.78 is 37.1. The smallest absolute Gasteiger partial charge is 0.388 e. The van der Waals surface area contributed by atoms with E-state index in [1.54, 1.807) is 7.05 Å². The van der Waals surface area contributed by atoms with Crippen molar-refractivity contribution in [2.24, 2.45) is 0 Å². The fourth-order valence-electron chi connectivity index (χ4n) is 1.25. The first-order valence-corrected chi connectivity index (χ1v) is 5.30. The predicted molar refractivity (Wildman–Crippen MR) is 64.8 cm³/mol. The minimum atomic E-state index is -4.36. The lowest BCUT2D eigenvalue weighted by atomic mass is 10.0. The fourth-order valence-corrected chi connectivity index (χ4v) is 1.25. The molecular weight excluding hydrogens is 229 g/mol. The lowest BCUT2D eigenvalue weighted by molar-refractivity contribution is -0.137. The van der Waals surface area contributed by atoms with Crippen LogP contribution in [0, 0.1) is 5.41 Å². The molecule has 0 aliphatic rings. The number of anilines is 1. The third-order valence-corrected chi connectivity index (χ3v) is 2.02. The standard InChI is InChI=1S/C10H11F3N2.C2H6/c1-6(14)8-5-7(10(11,12)13)3-4-9(8)15-2;1-2/h3-5,14-15H,1-2H3;1-2H3. The van der Waals surface area contributed by atoms with Crippen molar-refractivity contribution >= 4 is 11.4 Å². The Labute approximate surface area is 99.4 Å². The van der Waals surface area contributed by atoms with Gasteiger partial charge < -0.3 is 10.7 Å². The summed E-state index contributed by atoms with van der Waals surface area (Å²) in [7, 11) is 1.61. The van der Waals surface area contributed by atoms with Crippen molar-refractivity contribution in [2.45, 2.75) is 26.9 Å². The largest absolute Gasteiger partial charge is 0.416 e. The first kappa shape index (κ1) is 15.5. The molecule has 0 aromatic heterocycles. The maximum Gasteiger partial charge on any atom is 0.416 e. The van der Waals surface area contributed by atoms with Gasteiger partial charge in [-0.25, -0.2) is 0 Å². The molecule has 0 aliphatic heterocycles. The number of rotatable bonds is 2. The molecule has 0 bridgehead atoms. The van der Waals surface area contributed by atoms with E-state index in [0.717, 1.165) is 12.1 Å². The monoisotopic (exact) mass is 246 g/mol. The van der Waals surface area contributed by atoms with E-state index in [2.05, 4.69) is 5.32 Å². The molecule has 0 atom stereocenters. The number of benzene rings is 1. The first-order valence-electron chi connectivity index (χ1n) is 5.30.